The van der Waals surface area contributed by atoms with E-state index in [0.29, 0.717) is 28.1 Å². The van der Waals surface area contributed by atoms with Crippen LogP contribution in [-0.2, 0) is 0 Å². The van der Waals surface area contributed by atoms with Crippen molar-refractivity contribution in [2.75, 3.05) is 5.32 Å². The zero-order valence-electron chi connectivity index (χ0n) is 22.6. The molecule has 6 rings (SSSR count). The number of carbonyl (C=O) groups is 1. The highest BCUT2D eigenvalue weighted by Gasteiger charge is 2.17. The minimum atomic E-state index is -0.405. The first-order valence-corrected chi connectivity index (χ1v) is 14.5. The summed E-state index contributed by atoms with van der Waals surface area (Å²) in [6.45, 7) is 0. The van der Waals surface area contributed by atoms with Crippen LogP contribution in [0, 0.1) is 0 Å². The number of aliphatic imine (C=N–C) groups is 1. The fourth-order valence-corrected chi connectivity index (χ4v) is 5.27. The Kier molecular flexibility index (Phi) is 8.31. The van der Waals surface area contributed by atoms with Crippen molar-refractivity contribution in [2.24, 2.45) is 4.99 Å². The second-order valence-corrected chi connectivity index (χ2v) is 10.7. The number of hydrogen-bond donors (Lipinski definition) is 2. The SMILES string of the molecule is O=C(NSc1ccccc1)Nc1ccc(-n2c(-c3ccc(N=Cc4ccccc4)cc3)nc3ccccc3c2=O)c(Cl)c1. The van der Waals surface area contributed by atoms with Gasteiger partial charge in [-0.2, -0.15) is 0 Å². The number of para-hydroxylation sites is 1. The highest BCUT2D eigenvalue weighted by atomic mass is 35.5. The average Bonchev–Trinajstić information content (AvgIpc) is 3.04. The quantitative estimate of drug-likeness (QED) is 0.142. The normalized spacial score (nSPS) is 11.1. The van der Waals surface area contributed by atoms with Crippen LogP contribution >= 0.6 is 23.5 Å². The Morgan fingerprint density at radius 1 is 0.837 bits per heavy atom. The van der Waals surface area contributed by atoms with Gasteiger partial charge in [-0.25, -0.2) is 9.78 Å². The molecule has 2 amide bonds. The van der Waals surface area contributed by atoms with E-state index in [-0.39, 0.29) is 10.6 Å². The van der Waals surface area contributed by atoms with Crippen LogP contribution < -0.4 is 15.6 Å². The van der Waals surface area contributed by atoms with Crippen molar-refractivity contribution in [2.45, 2.75) is 4.90 Å². The van der Waals surface area contributed by atoms with E-state index in [9.17, 15) is 9.59 Å². The van der Waals surface area contributed by atoms with Crippen molar-refractivity contribution in [3.05, 3.63) is 148 Å². The lowest BCUT2D eigenvalue weighted by Gasteiger charge is -2.16. The summed E-state index contributed by atoms with van der Waals surface area (Å²) in [5, 5.41) is 3.52. The molecule has 1 heterocycles. The van der Waals surface area contributed by atoms with Crippen molar-refractivity contribution < 1.29 is 4.79 Å². The number of halogens is 1. The fourth-order valence-electron chi connectivity index (χ4n) is 4.45. The fraction of sp³-hybridized carbons (Fsp3) is 0. The van der Waals surface area contributed by atoms with E-state index in [4.69, 9.17) is 16.6 Å². The Hall–Kier alpha value is -5.18. The molecule has 9 heteroatoms. The second kappa shape index (κ2) is 12.8. The van der Waals surface area contributed by atoms with Gasteiger partial charge < -0.3 is 5.32 Å². The minimum absolute atomic E-state index is 0.258. The number of benzene rings is 5. The number of fused-ring (bicyclic) bond motifs is 1. The number of anilines is 1. The van der Waals surface area contributed by atoms with Gasteiger partial charge in [0.05, 0.1) is 27.3 Å². The molecule has 2 N–H and O–H groups in total. The predicted molar refractivity (Wildman–Crippen MR) is 176 cm³/mol. The summed E-state index contributed by atoms with van der Waals surface area (Å²) in [4.78, 5) is 36.6. The number of aromatic nitrogens is 2. The zero-order chi connectivity index (χ0) is 29.6. The van der Waals surface area contributed by atoms with Crippen LogP contribution in [0.4, 0.5) is 16.2 Å². The third-order valence-electron chi connectivity index (χ3n) is 6.51. The molecule has 43 heavy (non-hydrogen) atoms. The van der Waals surface area contributed by atoms with Gasteiger partial charge in [0.25, 0.3) is 5.56 Å². The lowest BCUT2D eigenvalue weighted by atomic mass is 10.1. The molecule has 0 saturated carbocycles. The maximum atomic E-state index is 13.8. The molecular weight excluding hydrogens is 578 g/mol. The Morgan fingerprint density at radius 2 is 1.53 bits per heavy atom. The first kappa shape index (κ1) is 28.0. The summed E-state index contributed by atoms with van der Waals surface area (Å²) in [5.74, 6) is 0.432. The summed E-state index contributed by atoms with van der Waals surface area (Å²) < 4.78 is 4.25. The van der Waals surface area contributed by atoms with Gasteiger partial charge in [0.2, 0.25) is 0 Å². The van der Waals surface area contributed by atoms with E-state index in [0.717, 1.165) is 21.7 Å². The number of hydrogen-bond acceptors (Lipinski definition) is 5. The lowest BCUT2D eigenvalue weighted by Crippen LogP contribution is -2.23. The van der Waals surface area contributed by atoms with Gasteiger partial charge >= 0.3 is 6.03 Å². The molecule has 5 aromatic carbocycles. The third-order valence-corrected chi connectivity index (χ3v) is 7.61. The van der Waals surface area contributed by atoms with Crippen LogP contribution in [-0.4, -0.2) is 21.8 Å². The van der Waals surface area contributed by atoms with E-state index in [1.807, 2.05) is 97.1 Å². The molecule has 7 nitrogen and oxygen atoms in total. The third kappa shape index (κ3) is 6.51. The monoisotopic (exact) mass is 601 g/mol. The molecule has 6 aromatic rings. The van der Waals surface area contributed by atoms with Gasteiger partial charge in [-0.3, -0.25) is 19.1 Å². The first-order chi connectivity index (χ1) is 21.0. The van der Waals surface area contributed by atoms with Crippen molar-refractivity contribution in [1.82, 2.24) is 14.3 Å². The smallest absolute Gasteiger partial charge is 0.307 e. The van der Waals surface area contributed by atoms with Crippen LogP contribution in [0.25, 0.3) is 28.0 Å². The summed E-state index contributed by atoms with van der Waals surface area (Å²) in [5.41, 5.74) is 3.71. The average molecular weight is 602 g/mol. The molecule has 0 radical (unpaired) electrons. The lowest BCUT2D eigenvalue weighted by molar-refractivity contribution is 0.257. The van der Waals surface area contributed by atoms with Crippen LogP contribution in [0.2, 0.25) is 5.02 Å². The molecule has 0 fully saturated rings. The molecule has 0 unspecified atom stereocenters. The van der Waals surface area contributed by atoms with Crippen LogP contribution in [0.15, 0.2) is 142 Å². The van der Waals surface area contributed by atoms with E-state index in [2.05, 4.69) is 15.0 Å². The molecule has 0 aliphatic rings. The van der Waals surface area contributed by atoms with E-state index in [1.165, 1.54) is 16.5 Å². The van der Waals surface area contributed by atoms with Crippen LogP contribution in [0.1, 0.15) is 5.56 Å². The standard InChI is InChI=1S/C34H24ClN5O2S/c35-29-21-26(37-34(42)39-43-27-11-5-2-6-12-27)19-20-31(29)40-32(38-30-14-8-7-13-28(30)33(40)41)24-15-17-25(18-16-24)36-22-23-9-3-1-4-10-23/h1-22H,(H2,37,39,42). The largest absolute Gasteiger partial charge is 0.329 e. The maximum Gasteiger partial charge on any atom is 0.329 e. The maximum absolute atomic E-state index is 13.8. The van der Waals surface area contributed by atoms with Crippen LogP contribution in [0.5, 0.6) is 0 Å². The summed E-state index contributed by atoms with van der Waals surface area (Å²) >= 11 is 7.94. The molecule has 0 aliphatic carbocycles. The Balaban J connectivity index is 1.31. The predicted octanol–water partition coefficient (Wildman–Crippen LogP) is 8.29. The van der Waals surface area contributed by atoms with Gasteiger partial charge in [-0.1, -0.05) is 72.3 Å². The number of rotatable bonds is 7. The number of urea groups is 1. The summed E-state index contributed by atoms with van der Waals surface area (Å²) in [6.07, 6.45) is 1.80. The molecule has 0 saturated heterocycles. The molecule has 210 valence electrons. The van der Waals surface area contributed by atoms with Crippen molar-refractivity contribution in [3.63, 3.8) is 0 Å². The Bertz CT molecular complexity index is 2000. The summed E-state index contributed by atoms with van der Waals surface area (Å²) in [6, 6.07) is 38.6. The Morgan fingerprint density at radius 3 is 2.28 bits per heavy atom. The van der Waals surface area contributed by atoms with Crippen molar-refractivity contribution in [1.29, 1.82) is 0 Å². The molecule has 0 spiro atoms. The highest BCUT2D eigenvalue weighted by molar-refractivity contribution is 7.98. The summed E-state index contributed by atoms with van der Waals surface area (Å²) in [7, 11) is 0. The van der Waals surface area contributed by atoms with Gasteiger partial charge in [0.15, 0.2) is 0 Å². The number of amides is 2. The minimum Gasteiger partial charge on any atom is -0.307 e. The van der Waals surface area contributed by atoms with E-state index >= 15 is 0 Å². The van der Waals surface area contributed by atoms with E-state index in [1.54, 1.807) is 36.5 Å². The van der Waals surface area contributed by atoms with Gasteiger partial charge in [0.1, 0.15) is 5.82 Å². The van der Waals surface area contributed by atoms with Crippen molar-refractivity contribution >= 4 is 58.1 Å². The van der Waals surface area contributed by atoms with Gasteiger partial charge in [-0.05, 0) is 84.2 Å². The highest BCUT2D eigenvalue weighted by Crippen LogP contribution is 2.29. The molecule has 0 aliphatic heterocycles. The molecule has 0 atom stereocenters. The zero-order valence-corrected chi connectivity index (χ0v) is 24.2. The molecule has 1 aromatic heterocycles. The molecule has 0 bridgehead atoms. The van der Waals surface area contributed by atoms with Gasteiger partial charge in [-0.15, -0.1) is 0 Å². The van der Waals surface area contributed by atoms with Crippen molar-refractivity contribution in [3.8, 4) is 17.1 Å². The topological polar surface area (TPSA) is 88.4 Å². The number of nitrogens with zero attached hydrogens (tertiary/aromatic N) is 3. The second-order valence-electron chi connectivity index (χ2n) is 9.45. The van der Waals surface area contributed by atoms with Gasteiger partial charge in [0, 0.05) is 22.4 Å². The number of nitrogens with one attached hydrogen (secondary N) is 2. The molecular formula is C34H24ClN5O2S. The number of carbonyl (C=O) groups excluding carboxylic acids is 1. The first-order valence-electron chi connectivity index (χ1n) is 13.4. The van der Waals surface area contributed by atoms with Crippen LogP contribution in [0.3, 0.4) is 0 Å². The Labute approximate surface area is 257 Å². The van der Waals surface area contributed by atoms with E-state index < -0.39 is 6.03 Å².